The van der Waals surface area contributed by atoms with E-state index in [1.54, 1.807) is 0 Å². The van der Waals surface area contributed by atoms with Gasteiger partial charge in [-0.2, -0.15) is 0 Å². The molecule has 22 heavy (non-hydrogen) atoms. The first-order chi connectivity index (χ1) is 10.4. The van der Waals surface area contributed by atoms with Gasteiger partial charge >= 0.3 is 0 Å². The Bertz CT molecular complexity index is 578. The molecule has 1 fully saturated rings. The van der Waals surface area contributed by atoms with E-state index in [0.717, 1.165) is 30.7 Å². The summed E-state index contributed by atoms with van der Waals surface area (Å²) in [5, 5.41) is 3.04. The van der Waals surface area contributed by atoms with E-state index in [2.05, 4.69) is 49.2 Å². The molecular weight excluding hydrogens is 276 g/mol. The van der Waals surface area contributed by atoms with E-state index in [-0.39, 0.29) is 23.5 Å². The highest BCUT2D eigenvalue weighted by Gasteiger charge is 2.40. The largest absolute Gasteiger partial charge is 0.488 e. The highest BCUT2D eigenvalue weighted by Crippen LogP contribution is 2.41. The Morgan fingerprint density at radius 3 is 2.73 bits per heavy atom. The molecule has 1 amide bonds. The van der Waals surface area contributed by atoms with E-state index in [4.69, 9.17) is 4.74 Å². The van der Waals surface area contributed by atoms with Gasteiger partial charge in [0.25, 0.3) is 0 Å². The number of anilines is 1. The van der Waals surface area contributed by atoms with Crippen molar-refractivity contribution in [1.29, 1.82) is 0 Å². The summed E-state index contributed by atoms with van der Waals surface area (Å²) in [5.41, 5.74) is 2.40. The summed E-state index contributed by atoms with van der Waals surface area (Å²) in [5.74, 6) is 1.28. The second-order valence-corrected chi connectivity index (χ2v) is 7.18. The van der Waals surface area contributed by atoms with Crippen LogP contribution in [-0.2, 0) is 11.2 Å². The topological polar surface area (TPSA) is 41.6 Å². The standard InChI is InChI=1S/C18H26N2O2/c1-12(2)16-17(21)19-10-7-13-5-6-14(11-15(13)20(16)4)22-18(3)8-9-18/h5-6,11-12,16H,7-10H2,1-4H3,(H,19,21). The number of nitrogens with zero attached hydrogens (tertiary/aromatic N) is 1. The van der Waals surface area contributed by atoms with E-state index in [0.29, 0.717) is 6.54 Å². The molecule has 0 aromatic heterocycles. The van der Waals surface area contributed by atoms with Gasteiger partial charge in [0.05, 0.1) is 0 Å². The van der Waals surface area contributed by atoms with Crippen LogP contribution in [0.4, 0.5) is 5.69 Å². The number of amides is 1. The van der Waals surface area contributed by atoms with Gasteiger partial charge in [0.2, 0.25) is 5.91 Å². The Balaban J connectivity index is 1.94. The average molecular weight is 302 g/mol. The van der Waals surface area contributed by atoms with Crippen molar-refractivity contribution >= 4 is 11.6 Å². The van der Waals surface area contributed by atoms with Crippen LogP contribution in [0.1, 0.15) is 39.2 Å². The number of nitrogens with one attached hydrogen (secondary N) is 1. The SMILES string of the molecule is CC(C)C1C(=O)NCCc2ccc(OC3(C)CC3)cc2N1C. The number of hydrogen-bond donors (Lipinski definition) is 1. The van der Waals surface area contributed by atoms with Crippen LogP contribution in [0.3, 0.4) is 0 Å². The lowest BCUT2D eigenvalue weighted by Gasteiger charge is -2.35. The molecule has 4 heteroatoms. The van der Waals surface area contributed by atoms with Gasteiger partial charge in [-0.05, 0) is 43.7 Å². The van der Waals surface area contributed by atoms with Crippen molar-refractivity contribution in [3.05, 3.63) is 23.8 Å². The maximum atomic E-state index is 12.4. The number of likely N-dealkylation sites (N-methyl/N-ethyl adjacent to an activating group) is 1. The minimum atomic E-state index is -0.147. The molecule has 4 nitrogen and oxygen atoms in total. The zero-order valence-electron chi connectivity index (χ0n) is 14.0. The third-order valence-corrected chi connectivity index (χ3v) is 4.77. The van der Waals surface area contributed by atoms with Crippen LogP contribution in [0, 0.1) is 5.92 Å². The molecule has 1 aliphatic heterocycles. The van der Waals surface area contributed by atoms with Crippen LogP contribution in [0.2, 0.25) is 0 Å². The average Bonchev–Trinajstić information content (AvgIpc) is 3.16. The van der Waals surface area contributed by atoms with E-state index < -0.39 is 0 Å². The third-order valence-electron chi connectivity index (χ3n) is 4.77. The van der Waals surface area contributed by atoms with Crippen molar-refractivity contribution in [2.24, 2.45) is 5.92 Å². The molecule has 2 aliphatic rings. The van der Waals surface area contributed by atoms with E-state index in [1.165, 1.54) is 5.56 Å². The smallest absolute Gasteiger partial charge is 0.242 e. The van der Waals surface area contributed by atoms with Gasteiger partial charge in [0.1, 0.15) is 17.4 Å². The monoisotopic (exact) mass is 302 g/mol. The van der Waals surface area contributed by atoms with E-state index in [1.807, 2.05) is 7.05 Å². The molecular formula is C18H26N2O2. The number of carbonyl (C=O) groups is 1. The second-order valence-electron chi connectivity index (χ2n) is 7.18. The summed E-state index contributed by atoms with van der Waals surface area (Å²) in [6.07, 6.45) is 3.10. The van der Waals surface area contributed by atoms with Gasteiger partial charge in [0, 0.05) is 25.3 Å². The summed E-state index contributed by atoms with van der Waals surface area (Å²) in [7, 11) is 2.01. The lowest BCUT2D eigenvalue weighted by atomic mass is 9.97. The van der Waals surface area contributed by atoms with Crippen molar-refractivity contribution in [2.45, 2.75) is 51.7 Å². The number of benzene rings is 1. The highest BCUT2D eigenvalue weighted by molar-refractivity contribution is 5.86. The fourth-order valence-corrected chi connectivity index (χ4v) is 3.21. The molecule has 1 N–H and O–H groups in total. The fourth-order valence-electron chi connectivity index (χ4n) is 3.21. The molecule has 1 heterocycles. The predicted molar refractivity (Wildman–Crippen MR) is 88.5 cm³/mol. The molecule has 1 saturated carbocycles. The van der Waals surface area contributed by atoms with E-state index >= 15 is 0 Å². The molecule has 1 unspecified atom stereocenters. The van der Waals surface area contributed by atoms with Gasteiger partial charge in [-0.25, -0.2) is 0 Å². The van der Waals surface area contributed by atoms with Crippen LogP contribution in [0.5, 0.6) is 5.75 Å². The molecule has 1 aromatic rings. The molecule has 3 rings (SSSR count). The van der Waals surface area contributed by atoms with Crippen LogP contribution in [0.15, 0.2) is 18.2 Å². The maximum Gasteiger partial charge on any atom is 0.242 e. The Morgan fingerprint density at radius 2 is 2.09 bits per heavy atom. The molecule has 0 saturated heterocycles. The van der Waals surface area contributed by atoms with Crippen LogP contribution in [0.25, 0.3) is 0 Å². The first-order valence-corrected chi connectivity index (χ1v) is 8.22. The van der Waals surface area contributed by atoms with Crippen molar-refractivity contribution in [1.82, 2.24) is 5.32 Å². The Labute approximate surface area is 132 Å². The highest BCUT2D eigenvalue weighted by atomic mass is 16.5. The number of ether oxygens (including phenoxy) is 1. The van der Waals surface area contributed by atoms with Gasteiger partial charge in [-0.3, -0.25) is 4.79 Å². The number of rotatable bonds is 3. The molecule has 1 atom stereocenters. The molecule has 1 aliphatic carbocycles. The number of carbonyl (C=O) groups excluding carboxylic acids is 1. The summed E-state index contributed by atoms with van der Waals surface area (Å²) < 4.78 is 6.09. The first kappa shape index (κ1) is 15.2. The van der Waals surface area contributed by atoms with Gasteiger partial charge in [-0.15, -0.1) is 0 Å². The maximum absolute atomic E-state index is 12.4. The van der Waals surface area contributed by atoms with Crippen molar-refractivity contribution in [2.75, 3.05) is 18.5 Å². The zero-order chi connectivity index (χ0) is 15.9. The molecule has 120 valence electrons. The number of hydrogen-bond acceptors (Lipinski definition) is 3. The quantitative estimate of drug-likeness (QED) is 0.933. The second kappa shape index (κ2) is 5.49. The summed E-state index contributed by atoms with van der Waals surface area (Å²) in [6, 6.07) is 6.16. The van der Waals surface area contributed by atoms with Crippen molar-refractivity contribution in [3.8, 4) is 5.75 Å². The Morgan fingerprint density at radius 1 is 1.36 bits per heavy atom. The minimum absolute atomic E-state index is 0.0171. The summed E-state index contributed by atoms with van der Waals surface area (Å²) >= 11 is 0. The van der Waals surface area contributed by atoms with Crippen molar-refractivity contribution < 1.29 is 9.53 Å². The molecule has 1 aromatic carbocycles. The molecule has 0 spiro atoms. The van der Waals surface area contributed by atoms with Crippen LogP contribution in [-0.4, -0.2) is 31.1 Å². The normalized spacial score (nSPS) is 23.4. The Kier molecular flexibility index (Phi) is 3.79. The minimum Gasteiger partial charge on any atom is -0.488 e. The Hall–Kier alpha value is -1.71. The molecule has 0 radical (unpaired) electrons. The lowest BCUT2D eigenvalue weighted by Crippen LogP contribution is -2.50. The first-order valence-electron chi connectivity index (χ1n) is 8.22. The van der Waals surface area contributed by atoms with Crippen LogP contribution < -0.4 is 15.0 Å². The third kappa shape index (κ3) is 2.92. The van der Waals surface area contributed by atoms with E-state index in [9.17, 15) is 4.79 Å². The predicted octanol–water partition coefficient (Wildman–Crippen LogP) is 2.75. The van der Waals surface area contributed by atoms with Crippen molar-refractivity contribution in [3.63, 3.8) is 0 Å². The molecule has 0 bridgehead atoms. The van der Waals surface area contributed by atoms with Gasteiger partial charge < -0.3 is 15.0 Å². The van der Waals surface area contributed by atoms with Gasteiger partial charge in [0.15, 0.2) is 0 Å². The van der Waals surface area contributed by atoms with Crippen LogP contribution >= 0.6 is 0 Å². The van der Waals surface area contributed by atoms with Gasteiger partial charge in [-0.1, -0.05) is 19.9 Å². The summed E-state index contributed by atoms with van der Waals surface area (Å²) in [6.45, 7) is 7.03. The lowest BCUT2D eigenvalue weighted by molar-refractivity contribution is -0.123. The zero-order valence-corrected chi connectivity index (χ0v) is 14.0. The fraction of sp³-hybridized carbons (Fsp3) is 0.611. The summed E-state index contributed by atoms with van der Waals surface area (Å²) in [4.78, 5) is 14.5. The number of fused-ring (bicyclic) bond motifs is 1.